The highest BCUT2D eigenvalue weighted by molar-refractivity contribution is 7.18. The molecule has 0 fully saturated rings. The van der Waals surface area contributed by atoms with Crippen molar-refractivity contribution in [1.82, 2.24) is 10.3 Å². The number of aryl methyl sites for hydroxylation is 1. The first-order valence-electron chi connectivity index (χ1n) is 10.1. The predicted molar refractivity (Wildman–Crippen MR) is 120 cm³/mol. The van der Waals surface area contributed by atoms with Gasteiger partial charge in [-0.3, -0.25) is 9.59 Å². The van der Waals surface area contributed by atoms with Crippen LogP contribution in [0.5, 0.6) is 0 Å². The second kappa shape index (κ2) is 10.2. The van der Waals surface area contributed by atoms with Gasteiger partial charge in [0.15, 0.2) is 6.10 Å². The van der Waals surface area contributed by atoms with E-state index >= 15 is 0 Å². The Morgan fingerprint density at radius 2 is 1.77 bits per heavy atom. The summed E-state index contributed by atoms with van der Waals surface area (Å²) in [5.41, 5.74) is 3.84. The van der Waals surface area contributed by atoms with Gasteiger partial charge in [0.2, 0.25) is 0 Å². The number of esters is 1. The molecule has 5 nitrogen and oxygen atoms in total. The highest BCUT2D eigenvalue weighted by Gasteiger charge is 2.21. The third-order valence-electron chi connectivity index (χ3n) is 4.57. The number of benzene rings is 2. The third kappa shape index (κ3) is 5.54. The van der Waals surface area contributed by atoms with Crippen molar-refractivity contribution >= 4 is 23.2 Å². The molecule has 0 aliphatic rings. The molecule has 1 aromatic heterocycles. The molecule has 2 aromatic carbocycles. The summed E-state index contributed by atoms with van der Waals surface area (Å²) >= 11 is 1.55. The van der Waals surface area contributed by atoms with Crippen LogP contribution in [-0.2, 0) is 20.7 Å². The third-order valence-corrected chi connectivity index (χ3v) is 5.77. The lowest BCUT2D eigenvalue weighted by molar-refractivity contribution is -0.154. The van der Waals surface area contributed by atoms with Crippen LogP contribution in [0.2, 0.25) is 0 Å². The lowest BCUT2D eigenvalue weighted by Gasteiger charge is -2.13. The van der Waals surface area contributed by atoms with Crippen LogP contribution in [0.1, 0.15) is 31.5 Å². The van der Waals surface area contributed by atoms with Crippen molar-refractivity contribution in [3.63, 3.8) is 0 Å². The number of hydrogen-bond acceptors (Lipinski definition) is 5. The van der Waals surface area contributed by atoms with Crippen molar-refractivity contribution in [2.45, 2.75) is 39.7 Å². The standard InChI is InChI=1S/C24H26N2O3S/c1-4-14-25-23(28)17(3)29-21(27)15-20-22(18-12-10-16(2)11-13-18)30-24(26-20)19-8-6-5-7-9-19/h5-13,17H,4,14-15H2,1-3H3,(H,25,28)/t17-/m1/s1. The summed E-state index contributed by atoms with van der Waals surface area (Å²) < 4.78 is 5.35. The Labute approximate surface area is 181 Å². The van der Waals surface area contributed by atoms with E-state index in [0.717, 1.165) is 27.4 Å². The van der Waals surface area contributed by atoms with Crippen LogP contribution in [0.3, 0.4) is 0 Å². The lowest BCUT2D eigenvalue weighted by atomic mass is 10.1. The number of amides is 1. The van der Waals surface area contributed by atoms with Crippen LogP contribution in [-0.4, -0.2) is 29.5 Å². The first-order valence-corrected chi connectivity index (χ1v) is 10.9. The SMILES string of the molecule is CCCNC(=O)[C@@H](C)OC(=O)Cc1nc(-c2ccccc2)sc1-c1ccc(C)cc1. The Morgan fingerprint density at radius 3 is 2.43 bits per heavy atom. The van der Waals surface area contributed by atoms with Crippen LogP contribution >= 0.6 is 11.3 Å². The van der Waals surface area contributed by atoms with Crippen LogP contribution in [0, 0.1) is 6.92 Å². The van der Waals surface area contributed by atoms with Crippen LogP contribution in [0.25, 0.3) is 21.0 Å². The van der Waals surface area contributed by atoms with Gasteiger partial charge >= 0.3 is 5.97 Å². The monoisotopic (exact) mass is 422 g/mol. The average molecular weight is 423 g/mol. The lowest BCUT2D eigenvalue weighted by Crippen LogP contribution is -2.36. The fourth-order valence-corrected chi connectivity index (χ4v) is 4.02. The van der Waals surface area contributed by atoms with Gasteiger partial charge in [-0.2, -0.15) is 0 Å². The van der Waals surface area contributed by atoms with Gasteiger partial charge in [-0.05, 0) is 25.8 Å². The van der Waals surface area contributed by atoms with Gasteiger partial charge in [0, 0.05) is 12.1 Å². The summed E-state index contributed by atoms with van der Waals surface area (Å²) in [4.78, 5) is 30.2. The van der Waals surface area contributed by atoms with Crippen molar-refractivity contribution in [2.75, 3.05) is 6.54 Å². The predicted octanol–water partition coefficient (Wildman–Crippen LogP) is 4.79. The number of carbonyl (C=O) groups excluding carboxylic acids is 2. The maximum absolute atomic E-state index is 12.5. The Morgan fingerprint density at radius 1 is 1.07 bits per heavy atom. The maximum Gasteiger partial charge on any atom is 0.312 e. The molecule has 1 amide bonds. The molecule has 0 saturated heterocycles. The van der Waals surface area contributed by atoms with Gasteiger partial charge in [0.05, 0.1) is 17.0 Å². The first-order chi connectivity index (χ1) is 14.5. The van der Waals surface area contributed by atoms with Crippen LogP contribution < -0.4 is 5.32 Å². The molecule has 3 rings (SSSR count). The zero-order valence-electron chi connectivity index (χ0n) is 17.5. The molecule has 1 heterocycles. The summed E-state index contributed by atoms with van der Waals surface area (Å²) in [5, 5.41) is 3.59. The Balaban J connectivity index is 1.83. The smallest absolute Gasteiger partial charge is 0.312 e. The minimum Gasteiger partial charge on any atom is -0.452 e. The number of ether oxygens (including phenoxy) is 1. The summed E-state index contributed by atoms with van der Waals surface area (Å²) in [6, 6.07) is 18.0. The van der Waals surface area contributed by atoms with Gasteiger partial charge in [-0.15, -0.1) is 11.3 Å². The van der Waals surface area contributed by atoms with E-state index in [1.165, 1.54) is 5.56 Å². The van der Waals surface area contributed by atoms with Gasteiger partial charge in [0.25, 0.3) is 5.91 Å². The van der Waals surface area contributed by atoms with Crippen LogP contribution in [0.15, 0.2) is 54.6 Å². The molecule has 1 atom stereocenters. The molecule has 0 aliphatic heterocycles. The molecule has 0 unspecified atom stereocenters. The fraction of sp³-hybridized carbons (Fsp3) is 0.292. The van der Waals surface area contributed by atoms with E-state index in [1.54, 1.807) is 18.3 Å². The number of carbonyl (C=O) groups is 2. The van der Waals surface area contributed by atoms with Crippen molar-refractivity contribution in [1.29, 1.82) is 0 Å². The van der Waals surface area contributed by atoms with E-state index in [-0.39, 0.29) is 12.3 Å². The largest absolute Gasteiger partial charge is 0.452 e. The highest BCUT2D eigenvalue weighted by Crippen LogP contribution is 2.36. The summed E-state index contributed by atoms with van der Waals surface area (Å²) in [5.74, 6) is -0.750. The Hall–Kier alpha value is -2.99. The highest BCUT2D eigenvalue weighted by atomic mass is 32.1. The average Bonchev–Trinajstić information content (AvgIpc) is 3.16. The molecular weight excluding hydrogens is 396 g/mol. The molecule has 30 heavy (non-hydrogen) atoms. The second-order valence-electron chi connectivity index (χ2n) is 7.13. The number of hydrogen-bond donors (Lipinski definition) is 1. The Bertz CT molecular complexity index is 997. The topological polar surface area (TPSA) is 68.3 Å². The molecular formula is C24H26N2O3S. The molecule has 0 bridgehead atoms. The normalized spacial score (nSPS) is 11.7. The summed E-state index contributed by atoms with van der Waals surface area (Å²) in [7, 11) is 0. The van der Waals surface area contributed by atoms with E-state index < -0.39 is 12.1 Å². The number of thiazole rings is 1. The van der Waals surface area contributed by atoms with Crippen LogP contribution in [0.4, 0.5) is 0 Å². The van der Waals surface area contributed by atoms with E-state index in [2.05, 4.69) is 5.32 Å². The molecule has 156 valence electrons. The molecule has 3 aromatic rings. The molecule has 0 spiro atoms. The molecule has 0 radical (unpaired) electrons. The molecule has 6 heteroatoms. The number of nitrogens with zero attached hydrogens (tertiary/aromatic N) is 1. The zero-order chi connectivity index (χ0) is 21.5. The van der Waals surface area contributed by atoms with E-state index in [0.29, 0.717) is 12.2 Å². The minimum atomic E-state index is -0.834. The van der Waals surface area contributed by atoms with Gasteiger partial charge in [-0.25, -0.2) is 4.98 Å². The number of rotatable bonds is 8. The number of aromatic nitrogens is 1. The molecule has 0 aliphatic carbocycles. The molecule has 0 saturated carbocycles. The second-order valence-corrected chi connectivity index (χ2v) is 8.13. The van der Waals surface area contributed by atoms with Gasteiger partial charge < -0.3 is 10.1 Å². The fourth-order valence-electron chi connectivity index (χ4n) is 2.93. The summed E-state index contributed by atoms with van der Waals surface area (Å²) in [6.45, 7) is 6.15. The van der Waals surface area contributed by atoms with Crippen molar-refractivity contribution in [2.24, 2.45) is 0 Å². The maximum atomic E-state index is 12.5. The van der Waals surface area contributed by atoms with Crippen molar-refractivity contribution < 1.29 is 14.3 Å². The van der Waals surface area contributed by atoms with Gasteiger partial charge in [-0.1, -0.05) is 67.1 Å². The first kappa shape index (κ1) is 21.7. The minimum absolute atomic E-state index is 0.0118. The quantitative estimate of drug-likeness (QED) is 0.530. The van der Waals surface area contributed by atoms with E-state index in [9.17, 15) is 9.59 Å². The van der Waals surface area contributed by atoms with E-state index in [4.69, 9.17) is 9.72 Å². The molecule has 1 N–H and O–H groups in total. The van der Waals surface area contributed by atoms with Crippen molar-refractivity contribution in [3.8, 4) is 21.0 Å². The summed E-state index contributed by atoms with van der Waals surface area (Å²) in [6.07, 6.45) is 0.00447. The Kier molecular flexibility index (Phi) is 7.36. The van der Waals surface area contributed by atoms with Crippen molar-refractivity contribution in [3.05, 3.63) is 65.9 Å². The zero-order valence-corrected chi connectivity index (χ0v) is 18.3. The number of nitrogens with one attached hydrogen (secondary N) is 1. The van der Waals surface area contributed by atoms with Gasteiger partial charge in [0.1, 0.15) is 5.01 Å². The van der Waals surface area contributed by atoms with E-state index in [1.807, 2.05) is 68.4 Å².